The Bertz CT molecular complexity index is 592. The van der Waals surface area contributed by atoms with E-state index in [-0.39, 0.29) is 30.7 Å². The Morgan fingerprint density at radius 2 is 2.14 bits per heavy atom. The molecule has 6 heteroatoms. The van der Waals surface area contributed by atoms with Crippen molar-refractivity contribution in [3.8, 4) is 11.8 Å². The van der Waals surface area contributed by atoms with Crippen LogP contribution in [0.25, 0.3) is 0 Å². The summed E-state index contributed by atoms with van der Waals surface area (Å²) in [6.07, 6.45) is 0.213. The Kier molecular flexibility index (Phi) is 4.99. The number of nitrogens with zero attached hydrogens (tertiary/aromatic N) is 3. The standard InChI is InChI=1S/C16H19N3O3/c1-18(8-7-17)16(21)13-9-15(20)19(11-13)10-12-3-5-14(22-2)6-4-12/h3-6,13H,8-11H2,1-2H3/t13-/m0/s1. The smallest absolute Gasteiger partial charge is 0.228 e. The van der Waals surface area contributed by atoms with E-state index in [0.29, 0.717) is 13.1 Å². The van der Waals surface area contributed by atoms with Crippen LogP contribution in [0.15, 0.2) is 24.3 Å². The molecule has 2 rings (SSSR count). The van der Waals surface area contributed by atoms with Crippen LogP contribution in [-0.2, 0) is 16.1 Å². The first-order chi connectivity index (χ1) is 10.5. The third-order valence-electron chi connectivity index (χ3n) is 3.78. The molecule has 0 saturated carbocycles. The minimum Gasteiger partial charge on any atom is -0.497 e. The molecule has 2 amide bonds. The van der Waals surface area contributed by atoms with Crippen LogP contribution in [0.2, 0.25) is 0 Å². The van der Waals surface area contributed by atoms with Gasteiger partial charge in [0.05, 0.1) is 19.1 Å². The third kappa shape index (κ3) is 3.55. The molecule has 1 aliphatic heterocycles. The summed E-state index contributed by atoms with van der Waals surface area (Å²) in [5, 5.41) is 8.64. The van der Waals surface area contributed by atoms with E-state index in [2.05, 4.69) is 0 Å². The highest BCUT2D eigenvalue weighted by Crippen LogP contribution is 2.22. The number of methoxy groups -OCH3 is 1. The summed E-state index contributed by atoms with van der Waals surface area (Å²) >= 11 is 0. The highest BCUT2D eigenvalue weighted by Gasteiger charge is 2.35. The average Bonchev–Trinajstić information content (AvgIpc) is 2.88. The zero-order chi connectivity index (χ0) is 16.1. The van der Waals surface area contributed by atoms with E-state index in [0.717, 1.165) is 11.3 Å². The van der Waals surface area contributed by atoms with Crippen molar-refractivity contribution in [3.63, 3.8) is 0 Å². The minimum absolute atomic E-state index is 0.0282. The molecule has 0 N–H and O–H groups in total. The lowest BCUT2D eigenvalue weighted by molar-refractivity contribution is -0.134. The number of carbonyl (C=O) groups excluding carboxylic acids is 2. The quantitative estimate of drug-likeness (QED) is 0.761. The van der Waals surface area contributed by atoms with Crippen LogP contribution in [0, 0.1) is 17.2 Å². The molecule has 0 radical (unpaired) electrons. The van der Waals surface area contributed by atoms with E-state index in [1.165, 1.54) is 4.90 Å². The maximum atomic E-state index is 12.1. The van der Waals surface area contributed by atoms with Crippen LogP contribution in [0.1, 0.15) is 12.0 Å². The van der Waals surface area contributed by atoms with E-state index in [1.54, 1.807) is 19.1 Å². The Morgan fingerprint density at radius 1 is 1.45 bits per heavy atom. The van der Waals surface area contributed by atoms with E-state index in [9.17, 15) is 9.59 Å². The lowest BCUT2D eigenvalue weighted by Gasteiger charge is -2.19. The second-order valence-corrected chi connectivity index (χ2v) is 5.38. The number of likely N-dealkylation sites (tertiary alicyclic amines) is 1. The fraction of sp³-hybridized carbons (Fsp3) is 0.438. The molecule has 116 valence electrons. The number of benzene rings is 1. The lowest BCUT2D eigenvalue weighted by atomic mass is 10.1. The van der Waals surface area contributed by atoms with Gasteiger partial charge in [0.15, 0.2) is 0 Å². The van der Waals surface area contributed by atoms with Crippen molar-refractivity contribution >= 4 is 11.8 Å². The predicted molar refractivity (Wildman–Crippen MR) is 79.8 cm³/mol. The second kappa shape index (κ2) is 6.94. The Balaban J connectivity index is 1.97. The average molecular weight is 301 g/mol. The topological polar surface area (TPSA) is 73.6 Å². The molecular weight excluding hydrogens is 282 g/mol. The molecule has 1 saturated heterocycles. The van der Waals surface area contributed by atoms with Gasteiger partial charge in [-0.3, -0.25) is 9.59 Å². The molecule has 1 aromatic carbocycles. The number of carbonyl (C=O) groups is 2. The van der Waals surface area contributed by atoms with Gasteiger partial charge in [0.1, 0.15) is 12.3 Å². The fourth-order valence-corrected chi connectivity index (χ4v) is 2.54. The third-order valence-corrected chi connectivity index (χ3v) is 3.78. The van der Waals surface area contributed by atoms with E-state index in [4.69, 9.17) is 10.00 Å². The Morgan fingerprint density at radius 3 is 2.73 bits per heavy atom. The molecule has 0 unspecified atom stereocenters. The zero-order valence-electron chi connectivity index (χ0n) is 12.8. The summed E-state index contributed by atoms with van der Waals surface area (Å²) in [6, 6.07) is 9.44. The van der Waals surface area contributed by atoms with Gasteiger partial charge in [-0.15, -0.1) is 0 Å². The molecule has 0 bridgehead atoms. The monoisotopic (exact) mass is 301 g/mol. The maximum Gasteiger partial charge on any atom is 0.228 e. The number of rotatable bonds is 5. The summed E-state index contributed by atoms with van der Waals surface area (Å²) in [4.78, 5) is 27.3. The van der Waals surface area contributed by atoms with Crippen molar-refractivity contribution in [2.24, 2.45) is 5.92 Å². The molecule has 0 aliphatic carbocycles. The Labute approximate surface area is 129 Å². The van der Waals surface area contributed by atoms with Gasteiger partial charge >= 0.3 is 0 Å². The molecule has 1 fully saturated rings. The number of nitriles is 1. The largest absolute Gasteiger partial charge is 0.497 e. The van der Waals surface area contributed by atoms with Crippen molar-refractivity contribution in [2.45, 2.75) is 13.0 Å². The first-order valence-corrected chi connectivity index (χ1v) is 7.07. The van der Waals surface area contributed by atoms with Crippen molar-refractivity contribution < 1.29 is 14.3 Å². The SMILES string of the molecule is COc1ccc(CN2C[C@@H](C(=O)N(C)CC#N)CC2=O)cc1. The van der Waals surface area contributed by atoms with Gasteiger partial charge in [-0.05, 0) is 17.7 Å². The molecular formula is C16H19N3O3. The summed E-state index contributed by atoms with van der Waals surface area (Å²) in [7, 11) is 3.19. The molecule has 1 aromatic rings. The minimum atomic E-state index is -0.357. The number of hydrogen-bond donors (Lipinski definition) is 0. The number of hydrogen-bond acceptors (Lipinski definition) is 4. The van der Waals surface area contributed by atoms with Gasteiger partial charge in [0.25, 0.3) is 0 Å². The molecule has 1 aliphatic rings. The Hall–Kier alpha value is -2.55. The molecule has 0 spiro atoms. The van der Waals surface area contributed by atoms with Crippen molar-refractivity contribution in [1.29, 1.82) is 5.26 Å². The van der Waals surface area contributed by atoms with Gasteiger partial charge in [0.2, 0.25) is 11.8 Å². The van der Waals surface area contributed by atoms with Crippen LogP contribution >= 0.6 is 0 Å². The lowest BCUT2D eigenvalue weighted by Crippen LogP contribution is -2.34. The normalized spacial score (nSPS) is 17.2. The van der Waals surface area contributed by atoms with E-state index >= 15 is 0 Å². The van der Waals surface area contributed by atoms with Gasteiger partial charge < -0.3 is 14.5 Å². The molecule has 1 heterocycles. The fourth-order valence-electron chi connectivity index (χ4n) is 2.54. The van der Waals surface area contributed by atoms with Crippen LogP contribution in [-0.4, -0.2) is 48.9 Å². The molecule has 6 nitrogen and oxygen atoms in total. The number of amides is 2. The van der Waals surface area contributed by atoms with Crippen LogP contribution in [0.5, 0.6) is 5.75 Å². The van der Waals surface area contributed by atoms with Gasteiger partial charge in [0, 0.05) is 26.6 Å². The summed E-state index contributed by atoms with van der Waals surface area (Å²) in [6.45, 7) is 0.927. The van der Waals surface area contributed by atoms with E-state index < -0.39 is 0 Å². The first-order valence-electron chi connectivity index (χ1n) is 7.07. The van der Waals surface area contributed by atoms with Gasteiger partial charge in [-0.1, -0.05) is 12.1 Å². The first kappa shape index (κ1) is 15.8. The number of ether oxygens (including phenoxy) is 1. The predicted octanol–water partition coefficient (Wildman–Crippen LogP) is 1.03. The second-order valence-electron chi connectivity index (χ2n) is 5.38. The highest BCUT2D eigenvalue weighted by atomic mass is 16.5. The molecule has 22 heavy (non-hydrogen) atoms. The van der Waals surface area contributed by atoms with Crippen LogP contribution in [0.4, 0.5) is 0 Å². The summed E-state index contributed by atoms with van der Waals surface area (Å²) in [5.41, 5.74) is 0.993. The van der Waals surface area contributed by atoms with Gasteiger partial charge in [-0.2, -0.15) is 5.26 Å². The van der Waals surface area contributed by atoms with Gasteiger partial charge in [-0.25, -0.2) is 0 Å². The van der Waals surface area contributed by atoms with Crippen molar-refractivity contribution in [1.82, 2.24) is 9.80 Å². The van der Waals surface area contributed by atoms with Crippen molar-refractivity contribution in [3.05, 3.63) is 29.8 Å². The van der Waals surface area contributed by atoms with Crippen LogP contribution in [0.3, 0.4) is 0 Å². The molecule has 1 atom stereocenters. The highest BCUT2D eigenvalue weighted by molar-refractivity contribution is 5.89. The zero-order valence-corrected chi connectivity index (χ0v) is 12.8. The summed E-state index contributed by atoms with van der Waals surface area (Å²) in [5.74, 6) is 0.235. The van der Waals surface area contributed by atoms with E-state index in [1.807, 2.05) is 30.3 Å². The van der Waals surface area contributed by atoms with Crippen molar-refractivity contribution in [2.75, 3.05) is 27.2 Å². The summed E-state index contributed by atoms with van der Waals surface area (Å²) < 4.78 is 5.10. The maximum absolute atomic E-state index is 12.1. The molecule has 0 aromatic heterocycles. The van der Waals surface area contributed by atoms with Crippen LogP contribution < -0.4 is 4.74 Å².